The summed E-state index contributed by atoms with van der Waals surface area (Å²) in [7, 11) is 0. The van der Waals surface area contributed by atoms with Gasteiger partial charge in [-0.1, -0.05) is 6.92 Å². The van der Waals surface area contributed by atoms with Gasteiger partial charge in [-0.3, -0.25) is 9.69 Å². The van der Waals surface area contributed by atoms with Gasteiger partial charge in [-0.25, -0.2) is 0 Å². The fourth-order valence-corrected chi connectivity index (χ4v) is 2.62. The van der Waals surface area contributed by atoms with Crippen molar-refractivity contribution in [2.75, 3.05) is 32.8 Å². The summed E-state index contributed by atoms with van der Waals surface area (Å²) in [5, 5.41) is 9.73. The molecule has 130 valence electrons. The zero-order valence-corrected chi connectivity index (χ0v) is 15.2. The van der Waals surface area contributed by atoms with Crippen LogP contribution in [0.4, 0.5) is 0 Å². The number of rotatable bonds is 7. The van der Waals surface area contributed by atoms with Crippen molar-refractivity contribution in [1.29, 1.82) is 0 Å². The van der Waals surface area contributed by atoms with Crippen molar-refractivity contribution in [2.24, 2.45) is 0 Å². The summed E-state index contributed by atoms with van der Waals surface area (Å²) in [5.74, 6) is 0.0482. The summed E-state index contributed by atoms with van der Waals surface area (Å²) in [6, 6.07) is 0.577. The average Bonchev–Trinajstić information content (AvgIpc) is 2.44. The van der Waals surface area contributed by atoms with Gasteiger partial charge in [0.15, 0.2) is 0 Å². The first-order valence-corrected chi connectivity index (χ1v) is 8.46. The molecule has 0 aromatic carbocycles. The Morgan fingerprint density at radius 2 is 1.73 bits per heavy atom. The third-order valence-electron chi connectivity index (χ3n) is 4.51. The van der Waals surface area contributed by atoms with Crippen molar-refractivity contribution in [1.82, 2.24) is 9.80 Å². The van der Waals surface area contributed by atoms with Gasteiger partial charge in [0.1, 0.15) is 5.60 Å². The molecule has 1 rings (SSSR count). The second-order valence-corrected chi connectivity index (χ2v) is 7.51. The molecule has 0 aliphatic carbocycles. The quantitative estimate of drug-likeness (QED) is 0.779. The standard InChI is InChI=1S/C17H34N2O3/c1-7-14(2)18-9-11-19(12-10-18)15(20)17(5,6)22-13-8-16(3,4)21/h14,21H,7-13H2,1-6H3. The molecule has 1 saturated heterocycles. The highest BCUT2D eigenvalue weighted by Crippen LogP contribution is 2.18. The van der Waals surface area contributed by atoms with Gasteiger partial charge in [-0.2, -0.15) is 0 Å². The molecule has 1 aliphatic heterocycles. The van der Waals surface area contributed by atoms with Crippen LogP contribution in [0.5, 0.6) is 0 Å². The van der Waals surface area contributed by atoms with Gasteiger partial charge < -0.3 is 14.7 Å². The third kappa shape index (κ3) is 5.86. The van der Waals surface area contributed by atoms with Gasteiger partial charge in [0, 0.05) is 32.2 Å². The molecule has 22 heavy (non-hydrogen) atoms. The Bertz CT molecular complexity index is 355. The maximum absolute atomic E-state index is 12.6. The fraction of sp³-hybridized carbons (Fsp3) is 0.941. The molecule has 1 fully saturated rings. The molecule has 0 bridgehead atoms. The van der Waals surface area contributed by atoms with Gasteiger partial charge in [-0.15, -0.1) is 0 Å². The highest BCUT2D eigenvalue weighted by molar-refractivity contribution is 5.84. The van der Waals surface area contributed by atoms with Crippen molar-refractivity contribution in [3.05, 3.63) is 0 Å². The van der Waals surface area contributed by atoms with Crippen LogP contribution in [0.2, 0.25) is 0 Å². The minimum atomic E-state index is -0.830. The lowest BCUT2D eigenvalue weighted by atomic mass is 10.0. The molecule has 1 heterocycles. The van der Waals surface area contributed by atoms with Crippen molar-refractivity contribution >= 4 is 5.91 Å². The molecule has 0 spiro atoms. The zero-order chi connectivity index (χ0) is 17.0. The Balaban J connectivity index is 2.46. The van der Waals surface area contributed by atoms with E-state index in [9.17, 15) is 9.90 Å². The van der Waals surface area contributed by atoms with Gasteiger partial charge in [0.05, 0.1) is 12.2 Å². The molecule has 1 N–H and O–H groups in total. The number of carbonyl (C=O) groups is 1. The van der Waals surface area contributed by atoms with Crippen LogP contribution < -0.4 is 0 Å². The van der Waals surface area contributed by atoms with Gasteiger partial charge in [0.2, 0.25) is 0 Å². The summed E-state index contributed by atoms with van der Waals surface area (Å²) in [6.07, 6.45) is 1.66. The van der Waals surface area contributed by atoms with Crippen LogP contribution in [-0.4, -0.2) is 70.8 Å². The van der Waals surface area contributed by atoms with Crippen LogP contribution in [0.3, 0.4) is 0 Å². The predicted octanol–water partition coefficient (Wildman–Crippen LogP) is 1.89. The van der Waals surface area contributed by atoms with Crippen LogP contribution in [0.15, 0.2) is 0 Å². The molecule has 1 atom stereocenters. The molecule has 5 heteroatoms. The van der Waals surface area contributed by atoms with Crippen LogP contribution in [0.25, 0.3) is 0 Å². The Kier molecular flexibility index (Phi) is 6.84. The second kappa shape index (κ2) is 7.75. The maximum atomic E-state index is 12.6. The lowest BCUT2D eigenvalue weighted by molar-refractivity contribution is -0.157. The summed E-state index contributed by atoms with van der Waals surface area (Å²) in [6.45, 7) is 15.3. The van der Waals surface area contributed by atoms with Gasteiger partial charge in [-0.05, 0) is 47.5 Å². The number of carbonyl (C=O) groups excluding carboxylic acids is 1. The summed E-state index contributed by atoms with van der Waals surface area (Å²) >= 11 is 0. The summed E-state index contributed by atoms with van der Waals surface area (Å²) in [4.78, 5) is 17.0. The van der Waals surface area contributed by atoms with Gasteiger partial charge >= 0.3 is 0 Å². The fourth-order valence-electron chi connectivity index (χ4n) is 2.62. The number of ether oxygens (including phenoxy) is 1. The van der Waals surface area contributed by atoms with Crippen LogP contribution in [0.1, 0.15) is 54.4 Å². The molecule has 1 amide bonds. The molecular weight excluding hydrogens is 280 g/mol. The van der Waals surface area contributed by atoms with E-state index in [0.29, 0.717) is 19.1 Å². The molecular formula is C17H34N2O3. The Hall–Kier alpha value is -0.650. The Morgan fingerprint density at radius 3 is 2.18 bits per heavy atom. The van der Waals surface area contributed by atoms with E-state index in [0.717, 1.165) is 32.6 Å². The summed E-state index contributed by atoms with van der Waals surface area (Å²) < 4.78 is 5.75. The topological polar surface area (TPSA) is 53.0 Å². The van der Waals surface area contributed by atoms with Crippen LogP contribution >= 0.6 is 0 Å². The molecule has 1 aliphatic rings. The molecule has 0 aromatic rings. The van der Waals surface area contributed by atoms with Crippen LogP contribution in [0, 0.1) is 0 Å². The number of aliphatic hydroxyl groups is 1. The van der Waals surface area contributed by atoms with E-state index in [1.807, 2.05) is 18.7 Å². The highest BCUT2D eigenvalue weighted by atomic mass is 16.5. The van der Waals surface area contributed by atoms with E-state index < -0.39 is 11.2 Å². The van der Waals surface area contributed by atoms with E-state index in [1.165, 1.54) is 0 Å². The predicted molar refractivity (Wildman–Crippen MR) is 88.9 cm³/mol. The molecule has 1 unspecified atom stereocenters. The highest BCUT2D eigenvalue weighted by Gasteiger charge is 2.35. The van der Waals surface area contributed by atoms with Crippen LogP contribution in [-0.2, 0) is 9.53 Å². The van der Waals surface area contributed by atoms with E-state index >= 15 is 0 Å². The minimum Gasteiger partial charge on any atom is -0.390 e. The smallest absolute Gasteiger partial charge is 0.254 e. The third-order valence-corrected chi connectivity index (χ3v) is 4.51. The Morgan fingerprint density at radius 1 is 1.18 bits per heavy atom. The van der Waals surface area contributed by atoms with E-state index in [1.54, 1.807) is 13.8 Å². The lowest BCUT2D eigenvalue weighted by Gasteiger charge is -2.40. The first kappa shape index (κ1) is 19.4. The van der Waals surface area contributed by atoms with E-state index in [2.05, 4.69) is 18.7 Å². The van der Waals surface area contributed by atoms with Gasteiger partial charge in [0.25, 0.3) is 5.91 Å². The van der Waals surface area contributed by atoms with E-state index in [-0.39, 0.29) is 5.91 Å². The number of nitrogens with zero attached hydrogens (tertiary/aromatic N) is 2. The normalized spacial score (nSPS) is 19.3. The number of hydrogen-bond donors (Lipinski definition) is 1. The molecule has 0 saturated carbocycles. The van der Waals surface area contributed by atoms with E-state index in [4.69, 9.17) is 4.74 Å². The first-order chi connectivity index (χ1) is 10.1. The number of piperazine rings is 1. The van der Waals surface area contributed by atoms with Crippen molar-refractivity contribution < 1.29 is 14.6 Å². The SMILES string of the molecule is CCC(C)N1CCN(C(=O)C(C)(C)OCCC(C)(C)O)CC1. The molecule has 5 nitrogen and oxygen atoms in total. The monoisotopic (exact) mass is 314 g/mol. The molecule has 0 radical (unpaired) electrons. The second-order valence-electron chi connectivity index (χ2n) is 7.51. The minimum absolute atomic E-state index is 0.0482. The zero-order valence-electron chi connectivity index (χ0n) is 15.2. The van der Waals surface area contributed by atoms with Crippen molar-refractivity contribution in [3.8, 4) is 0 Å². The average molecular weight is 314 g/mol. The number of amides is 1. The summed E-state index contributed by atoms with van der Waals surface area (Å²) in [5.41, 5.74) is -1.59. The molecule has 0 aromatic heterocycles. The first-order valence-electron chi connectivity index (χ1n) is 8.46. The maximum Gasteiger partial charge on any atom is 0.254 e. The number of hydrogen-bond acceptors (Lipinski definition) is 4. The van der Waals surface area contributed by atoms with Crippen molar-refractivity contribution in [2.45, 2.75) is 71.6 Å². The Labute approximate surface area is 135 Å². The lowest BCUT2D eigenvalue weighted by Crippen LogP contribution is -2.56. The van der Waals surface area contributed by atoms with Crippen molar-refractivity contribution in [3.63, 3.8) is 0 Å². The largest absolute Gasteiger partial charge is 0.390 e.